The number of nitrogens with zero attached hydrogens (tertiary/aromatic N) is 2. The molecular weight excluding hydrogens is 243 g/mol. The number of hydrogen-bond acceptors (Lipinski definition) is 5. The van der Waals surface area contributed by atoms with Crippen molar-refractivity contribution in [2.45, 2.75) is 38.9 Å². The van der Waals surface area contributed by atoms with E-state index in [0.29, 0.717) is 16.9 Å². The molecule has 0 aliphatic carbocycles. The van der Waals surface area contributed by atoms with Crippen LogP contribution >= 0.6 is 0 Å². The number of pyridine rings is 1. The molecule has 1 aliphatic heterocycles. The maximum Gasteiger partial charge on any atom is 0.497 e. The highest BCUT2D eigenvalue weighted by Gasteiger charge is 2.52. The third-order valence-corrected chi connectivity index (χ3v) is 3.74. The van der Waals surface area contributed by atoms with Gasteiger partial charge in [-0.1, -0.05) is 0 Å². The highest BCUT2D eigenvalue weighted by molar-refractivity contribution is 6.62. The van der Waals surface area contributed by atoms with Crippen molar-refractivity contribution >= 4 is 12.6 Å². The van der Waals surface area contributed by atoms with Crippen LogP contribution in [0.3, 0.4) is 0 Å². The molecule has 0 radical (unpaired) electrons. The predicted molar refractivity (Wildman–Crippen MR) is 71.2 cm³/mol. The summed E-state index contributed by atoms with van der Waals surface area (Å²) < 4.78 is 17.0. The molecular formula is C13H17BN2O3. The monoisotopic (exact) mass is 260 g/mol. The predicted octanol–water partition coefficient (Wildman–Crippen LogP) is 1.26. The lowest BCUT2D eigenvalue weighted by atomic mass is 9.78. The van der Waals surface area contributed by atoms with Gasteiger partial charge >= 0.3 is 7.12 Å². The fourth-order valence-electron chi connectivity index (χ4n) is 1.82. The molecule has 0 atom stereocenters. The number of methoxy groups -OCH3 is 1. The first-order valence-corrected chi connectivity index (χ1v) is 6.10. The van der Waals surface area contributed by atoms with Gasteiger partial charge in [-0.15, -0.1) is 0 Å². The molecule has 0 N–H and O–H groups in total. The van der Waals surface area contributed by atoms with Gasteiger partial charge < -0.3 is 14.0 Å². The molecule has 2 rings (SSSR count). The van der Waals surface area contributed by atoms with Gasteiger partial charge in [-0.3, -0.25) is 0 Å². The molecule has 19 heavy (non-hydrogen) atoms. The van der Waals surface area contributed by atoms with Crippen LogP contribution in [0.15, 0.2) is 12.3 Å². The highest BCUT2D eigenvalue weighted by Crippen LogP contribution is 2.36. The fourth-order valence-corrected chi connectivity index (χ4v) is 1.82. The Hall–Kier alpha value is -1.58. The molecule has 1 saturated heterocycles. The molecule has 1 aromatic rings. The van der Waals surface area contributed by atoms with E-state index in [1.807, 2.05) is 27.7 Å². The summed E-state index contributed by atoms with van der Waals surface area (Å²) in [4.78, 5) is 4.06. The van der Waals surface area contributed by atoms with Crippen molar-refractivity contribution < 1.29 is 14.0 Å². The molecule has 0 bridgehead atoms. The molecule has 2 heterocycles. The average molecular weight is 260 g/mol. The Bertz CT molecular complexity index is 521. The van der Waals surface area contributed by atoms with Gasteiger partial charge in [0.25, 0.3) is 0 Å². The molecule has 1 aromatic heterocycles. The van der Waals surface area contributed by atoms with Crippen LogP contribution in [0.2, 0.25) is 0 Å². The Morgan fingerprint density at radius 3 is 2.32 bits per heavy atom. The molecule has 0 aromatic carbocycles. The number of nitriles is 1. The molecule has 0 unspecified atom stereocenters. The zero-order valence-electron chi connectivity index (χ0n) is 11.9. The maximum atomic E-state index is 9.14. The fraction of sp³-hybridized carbons (Fsp3) is 0.538. The molecule has 0 amide bonds. The zero-order chi connectivity index (χ0) is 14.3. The summed E-state index contributed by atoms with van der Waals surface area (Å²) in [5.41, 5.74) is -0.0131. The number of rotatable bonds is 2. The first-order valence-electron chi connectivity index (χ1n) is 6.10. The second kappa shape index (κ2) is 4.51. The van der Waals surface area contributed by atoms with Crippen molar-refractivity contribution in [1.29, 1.82) is 5.26 Å². The third-order valence-electron chi connectivity index (χ3n) is 3.74. The van der Waals surface area contributed by atoms with E-state index in [-0.39, 0.29) is 0 Å². The van der Waals surface area contributed by atoms with E-state index in [1.54, 1.807) is 13.2 Å². The second-order valence-electron chi connectivity index (χ2n) is 5.51. The van der Waals surface area contributed by atoms with E-state index < -0.39 is 18.3 Å². The van der Waals surface area contributed by atoms with Gasteiger partial charge in [0.15, 0.2) is 0 Å². The molecule has 1 aliphatic rings. The quantitative estimate of drug-likeness (QED) is 0.749. The first kappa shape index (κ1) is 13.8. The average Bonchev–Trinajstić information content (AvgIpc) is 2.57. The summed E-state index contributed by atoms with van der Waals surface area (Å²) in [7, 11) is 0.944. The van der Waals surface area contributed by atoms with E-state index in [2.05, 4.69) is 11.1 Å². The minimum atomic E-state index is -0.609. The van der Waals surface area contributed by atoms with E-state index in [1.165, 1.54) is 6.20 Å². The van der Waals surface area contributed by atoms with Crippen molar-refractivity contribution in [1.82, 2.24) is 4.98 Å². The number of hydrogen-bond donors (Lipinski definition) is 0. The molecule has 0 saturated carbocycles. The zero-order valence-corrected chi connectivity index (χ0v) is 11.9. The number of aromatic nitrogens is 1. The summed E-state index contributed by atoms with van der Waals surface area (Å²) in [5, 5.41) is 9.14. The maximum absolute atomic E-state index is 9.14. The van der Waals surface area contributed by atoms with Crippen molar-refractivity contribution in [3.63, 3.8) is 0 Å². The van der Waals surface area contributed by atoms with Crippen molar-refractivity contribution in [2.75, 3.05) is 7.11 Å². The Morgan fingerprint density at radius 1 is 1.26 bits per heavy atom. The summed E-state index contributed by atoms with van der Waals surface area (Å²) in [6, 6.07) is 3.78. The van der Waals surface area contributed by atoms with Gasteiger partial charge in [0.2, 0.25) is 0 Å². The van der Waals surface area contributed by atoms with Gasteiger partial charge in [-0.2, -0.15) is 5.26 Å². The van der Waals surface area contributed by atoms with Crippen LogP contribution in [0.25, 0.3) is 0 Å². The van der Waals surface area contributed by atoms with Crippen LogP contribution in [0.5, 0.6) is 5.75 Å². The van der Waals surface area contributed by atoms with Crippen molar-refractivity contribution in [3.8, 4) is 11.8 Å². The van der Waals surface area contributed by atoms with Crippen LogP contribution in [0.1, 0.15) is 33.4 Å². The minimum absolute atomic E-state index is 0.291. The van der Waals surface area contributed by atoms with Crippen molar-refractivity contribution in [3.05, 3.63) is 18.0 Å². The van der Waals surface area contributed by atoms with Gasteiger partial charge in [-0.05, 0) is 33.8 Å². The lowest BCUT2D eigenvalue weighted by Gasteiger charge is -2.32. The van der Waals surface area contributed by atoms with Gasteiger partial charge in [0.1, 0.15) is 17.5 Å². The van der Waals surface area contributed by atoms with Crippen LogP contribution in [-0.2, 0) is 9.31 Å². The standard InChI is InChI=1S/C13H17BN2O3/c1-12(2)13(3,4)19-14(18-12)10-6-9(17-5)8-16-11(10)7-15/h6,8H,1-5H3. The van der Waals surface area contributed by atoms with Gasteiger partial charge in [0, 0.05) is 5.46 Å². The summed E-state index contributed by atoms with van der Waals surface area (Å²) >= 11 is 0. The Morgan fingerprint density at radius 2 is 1.84 bits per heavy atom. The SMILES string of the molecule is COc1cnc(C#N)c(B2OC(C)(C)C(C)(C)O2)c1. The van der Waals surface area contributed by atoms with Crippen LogP contribution in [0.4, 0.5) is 0 Å². The van der Waals surface area contributed by atoms with E-state index in [4.69, 9.17) is 19.3 Å². The van der Waals surface area contributed by atoms with E-state index in [9.17, 15) is 0 Å². The molecule has 1 fully saturated rings. The third kappa shape index (κ3) is 2.31. The van der Waals surface area contributed by atoms with E-state index >= 15 is 0 Å². The van der Waals surface area contributed by atoms with Crippen LogP contribution in [0, 0.1) is 11.3 Å². The lowest BCUT2D eigenvalue weighted by Crippen LogP contribution is -2.41. The summed E-state index contributed by atoms with van der Waals surface area (Å²) in [6.07, 6.45) is 1.51. The molecule has 5 nitrogen and oxygen atoms in total. The van der Waals surface area contributed by atoms with Crippen LogP contribution in [-0.4, -0.2) is 30.4 Å². The normalized spacial score (nSPS) is 20.1. The highest BCUT2D eigenvalue weighted by atomic mass is 16.7. The Balaban J connectivity index is 2.41. The first-order chi connectivity index (χ1) is 8.80. The summed E-state index contributed by atoms with van der Waals surface area (Å²) in [5.74, 6) is 0.573. The Labute approximate surface area is 113 Å². The Kier molecular flexibility index (Phi) is 3.29. The smallest absolute Gasteiger partial charge is 0.495 e. The van der Waals surface area contributed by atoms with Crippen LogP contribution < -0.4 is 10.2 Å². The minimum Gasteiger partial charge on any atom is -0.495 e. The van der Waals surface area contributed by atoms with Crippen molar-refractivity contribution in [2.24, 2.45) is 0 Å². The van der Waals surface area contributed by atoms with E-state index in [0.717, 1.165) is 0 Å². The summed E-state index contributed by atoms with van der Waals surface area (Å²) in [6.45, 7) is 7.86. The molecule has 0 spiro atoms. The van der Waals surface area contributed by atoms with Gasteiger partial charge in [-0.25, -0.2) is 4.98 Å². The lowest BCUT2D eigenvalue weighted by molar-refractivity contribution is 0.00578. The second-order valence-corrected chi connectivity index (χ2v) is 5.51. The largest absolute Gasteiger partial charge is 0.497 e. The topological polar surface area (TPSA) is 64.4 Å². The van der Waals surface area contributed by atoms with Gasteiger partial charge in [0.05, 0.1) is 24.5 Å². The molecule has 6 heteroatoms. The molecule has 100 valence electrons. The number of ether oxygens (including phenoxy) is 1.